The number of rotatable bonds is 8. The van der Waals surface area contributed by atoms with E-state index in [0.29, 0.717) is 34.9 Å². The van der Waals surface area contributed by atoms with Gasteiger partial charge in [-0.3, -0.25) is 0 Å². The molecule has 0 saturated heterocycles. The van der Waals surface area contributed by atoms with Crippen molar-refractivity contribution < 1.29 is 20.1 Å². The Balaban J connectivity index is 0.000000223. The average molecular weight is 1220 g/mol. The largest absolute Gasteiger partial charge is 0.304 e. The summed E-state index contributed by atoms with van der Waals surface area (Å²) in [5.41, 5.74) is 15.7. The molecule has 403 valence electrons. The maximum Gasteiger partial charge on any atom is 0.165 e. The normalized spacial score (nSPS) is 11.7. The van der Waals surface area contributed by atoms with Crippen molar-refractivity contribution in [3.05, 3.63) is 216 Å². The van der Waals surface area contributed by atoms with Gasteiger partial charge in [-0.15, -0.1) is 71.3 Å². The number of hydrogen-bond donors (Lipinski definition) is 0. The first-order valence-corrected chi connectivity index (χ1v) is 26.4. The van der Waals surface area contributed by atoms with Crippen LogP contribution in [0.25, 0.3) is 90.8 Å². The van der Waals surface area contributed by atoms with Crippen molar-refractivity contribution >= 4 is 0 Å². The van der Waals surface area contributed by atoms with Crippen LogP contribution in [0.5, 0.6) is 0 Å². The van der Waals surface area contributed by atoms with Gasteiger partial charge in [0.25, 0.3) is 0 Å². The van der Waals surface area contributed by atoms with Crippen LogP contribution in [-0.4, -0.2) is 39.9 Å². The predicted molar refractivity (Wildman–Crippen MR) is 323 cm³/mol. The summed E-state index contributed by atoms with van der Waals surface area (Å²) >= 11 is 0. The van der Waals surface area contributed by atoms with Crippen molar-refractivity contribution in [2.24, 2.45) is 0 Å². The topological polar surface area (TPSA) is 103 Å². The van der Waals surface area contributed by atoms with E-state index in [1.807, 2.05) is 73.1 Å². The molecule has 0 amide bonds. The molecule has 6 aromatic carbocycles. The minimum atomic E-state index is 0. The molecule has 0 saturated carbocycles. The van der Waals surface area contributed by atoms with Gasteiger partial charge < -0.3 is 9.97 Å². The van der Waals surface area contributed by atoms with E-state index < -0.39 is 0 Å². The van der Waals surface area contributed by atoms with Gasteiger partial charge in [-0.25, -0.2) is 29.9 Å². The molecular weight excluding hydrogens is 1150 g/mol. The average Bonchev–Trinajstić information content (AvgIpc) is 3.45. The van der Waals surface area contributed by atoms with E-state index in [1.54, 1.807) is 0 Å². The molecule has 4 aromatic heterocycles. The Morgan fingerprint density at radius 2 is 0.608 bits per heavy atom. The number of hydrogen-bond acceptors (Lipinski definition) is 8. The first-order chi connectivity index (χ1) is 36.5. The monoisotopic (exact) mass is 1220 g/mol. The molecule has 0 aliphatic carbocycles. The predicted octanol–water partition coefficient (Wildman–Crippen LogP) is 17.6. The fraction of sp³-hybridized carbons (Fsp3) is 0.257. The molecule has 0 aliphatic rings. The van der Waals surface area contributed by atoms with Crippen LogP contribution >= 0.6 is 0 Å². The van der Waals surface area contributed by atoms with Crippen LogP contribution in [0.4, 0.5) is 0 Å². The Labute approximate surface area is 483 Å². The summed E-state index contributed by atoms with van der Waals surface area (Å²) in [6, 6.07) is 62.4. The van der Waals surface area contributed by atoms with E-state index in [4.69, 9.17) is 34.9 Å². The molecule has 0 aliphatic heterocycles. The second-order valence-electron chi connectivity index (χ2n) is 23.8. The van der Waals surface area contributed by atoms with Gasteiger partial charge in [0.2, 0.25) is 0 Å². The fourth-order valence-corrected chi connectivity index (χ4v) is 8.66. The van der Waals surface area contributed by atoms with Gasteiger partial charge in [-0.1, -0.05) is 219 Å². The Morgan fingerprint density at radius 1 is 0.316 bits per heavy atom. The van der Waals surface area contributed by atoms with Gasteiger partial charge in [0.15, 0.2) is 34.9 Å². The van der Waals surface area contributed by atoms with E-state index in [2.05, 4.69) is 210 Å². The summed E-state index contributed by atoms with van der Waals surface area (Å²) in [5.74, 6) is 3.78. The molecule has 0 spiro atoms. The molecule has 4 heterocycles. The SMILES string of the molecule is C.CC(C)(C)c1ccc(-c2nc(-c3ccc(C(C)(C)C)cc3)nc(-c3ccc(-c4[c-]cccc4)nc3)n2)cc1.Cc1cc[c-]c(-c2ccc(-c3nc(-c4ccc(C(C)(C)C)cc4)nc(-c4ccc(C(C)(C)C)cc4)n3)cn2)c1.[Ir]. The first-order valence-electron chi connectivity index (χ1n) is 26.4. The van der Waals surface area contributed by atoms with Crippen LogP contribution < -0.4 is 0 Å². The summed E-state index contributed by atoms with van der Waals surface area (Å²) < 4.78 is 0. The summed E-state index contributed by atoms with van der Waals surface area (Å²) in [6.45, 7) is 28.7. The summed E-state index contributed by atoms with van der Waals surface area (Å²) in [5, 5.41) is 0. The van der Waals surface area contributed by atoms with E-state index in [1.165, 1.54) is 27.8 Å². The van der Waals surface area contributed by atoms with Crippen LogP contribution in [-0.2, 0) is 41.8 Å². The van der Waals surface area contributed by atoms with Crippen molar-refractivity contribution in [2.45, 2.75) is 119 Å². The Morgan fingerprint density at radius 3 is 0.873 bits per heavy atom. The van der Waals surface area contributed by atoms with Gasteiger partial charge in [0.1, 0.15) is 0 Å². The molecule has 10 aromatic rings. The smallest absolute Gasteiger partial charge is 0.165 e. The van der Waals surface area contributed by atoms with E-state index in [-0.39, 0.29) is 49.2 Å². The number of aromatic nitrogens is 8. The van der Waals surface area contributed by atoms with Crippen LogP contribution in [0.2, 0.25) is 0 Å². The number of aryl methyl sites for hydroxylation is 1. The Hall–Kier alpha value is -7.71. The molecule has 0 unspecified atom stereocenters. The van der Waals surface area contributed by atoms with Gasteiger partial charge in [0, 0.05) is 65.9 Å². The molecule has 9 heteroatoms. The molecule has 0 N–H and O–H groups in total. The van der Waals surface area contributed by atoms with Gasteiger partial charge >= 0.3 is 0 Å². The second kappa shape index (κ2) is 24.1. The van der Waals surface area contributed by atoms with Gasteiger partial charge in [0.05, 0.1) is 0 Å². The molecule has 10 rings (SSSR count). The van der Waals surface area contributed by atoms with Crippen molar-refractivity contribution in [1.82, 2.24) is 39.9 Å². The molecule has 0 fully saturated rings. The summed E-state index contributed by atoms with van der Waals surface area (Å²) in [4.78, 5) is 38.8. The molecule has 1 radical (unpaired) electrons. The van der Waals surface area contributed by atoms with Crippen LogP contribution in [0.15, 0.2) is 176 Å². The third-order valence-corrected chi connectivity index (χ3v) is 13.6. The van der Waals surface area contributed by atoms with Crippen molar-refractivity contribution in [2.75, 3.05) is 0 Å². The minimum absolute atomic E-state index is 0. The van der Waals surface area contributed by atoms with E-state index in [9.17, 15) is 0 Å². The quantitative estimate of drug-likeness (QED) is 0.139. The van der Waals surface area contributed by atoms with Crippen LogP contribution in [0.3, 0.4) is 0 Å². The van der Waals surface area contributed by atoms with Gasteiger partial charge in [-0.05, 0) is 55.3 Å². The number of benzene rings is 6. The molecule has 79 heavy (non-hydrogen) atoms. The summed E-state index contributed by atoms with van der Waals surface area (Å²) in [6.07, 6.45) is 3.66. The van der Waals surface area contributed by atoms with Crippen molar-refractivity contribution in [3.63, 3.8) is 0 Å². The molecule has 0 bridgehead atoms. The standard InChI is InChI=1S/C35H35N4.C34H33N4.CH4.Ir/c1-23-9-8-10-26(21-23)30-20-15-27(22-36-30)33-38-31(24-11-16-28(17-12-24)34(2,3)4)37-32(39-33)25-13-18-29(19-14-25)35(5,6)7;1-33(2,3)27-17-12-24(13-18-27)30-36-31(25-14-19-28(20-15-25)34(4,5)6)38-32(37-30)26-16-21-29(35-22-26)23-10-8-7-9-11-23;;/h8-9,11-22H,1-7H3;7-10,12-22H,1-6H3;1H4;/q2*-1;;. The Bertz CT molecular complexity index is 3450. The maximum absolute atomic E-state index is 4.91. The van der Waals surface area contributed by atoms with E-state index in [0.717, 1.165) is 55.9 Å². The zero-order valence-electron chi connectivity index (χ0n) is 47.2. The molecular formula is C70H72IrN8-2. The number of pyridine rings is 2. The van der Waals surface area contributed by atoms with Crippen molar-refractivity contribution in [1.29, 1.82) is 0 Å². The minimum Gasteiger partial charge on any atom is -0.304 e. The molecule has 0 atom stereocenters. The third-order valence-electron chi connectivity index (χ3n) is 13.6. The van der Waals surface area contributed by atoms with Gasteiger partial charge in [-0.2, -0.15) is 0 Å². The second-order valence-corrected chi connectivity index (χ2v) is 23.8. The first kappa shape index (κ1) is 59.0. The summed E-state index contributed by atoms with van der Waals surface area (Å²) in [7, 11) is 0. The number of nitrogens with zero attached hydrogens (tertiary/aromatic N) is 8. The zero-order chi connectivity index (χ0) is 54.7. The van der Waals surface area contributed by atoms with Crippen LogP contribution in [0.1, 0.15) is 118 Å². The zero-order valence-corrected chi connectivity index (χ0v) is 49.5. The molecule has 8 nitrogen and oxygen atoms in total. The third kappa shape index (κ3) is 14.5. The Kier molecular flexibility index (Phi) is 18.0. The van der Waals surface area contributed by atoms with Crippen LogP contribution in [0, 0.1) is 19.1 Å². The maximum atomic E-state index is 4.91. The van der Waals surface area contributed by atoms with E-state index >= 15 is 0 Å². The fourth-order valence-electron chi connectivity index (χ4n) is 8.66. The van der Waals surface area contributed by atoms with Crippen molar-refractivity contribution in [3.8, 4) is 90.8 Å².